The lowest BCUT2D eigenvalue weighted by molar-refractivity contribution is -0.145. The first-order valence-electron chi connectivity index (χ1n) is 11.4. The highest BCUT2D eigenvalue weighted by Gasteiger charge is 2.36. The molecule has 0 radical (unpaired) electrons. The maximum atomic E-state index is 12.6. The molecule has 0 saturated carbocycles. The van der Waals surface area contributed by atoms with Gasteiger partial charge in [-0.3, -0.25) is 4.79 Å². The van der Waals surface area contributed by atoms with E-state index in [1.54, 1.807) is 0 Å². The number of nitrogens with one attached hydrogen (secondary N) is 1. The monoisotopic (exact) mass is 491 g/mol. The van der Waals surface area contributed by atoms with Crippen molar-refractivity contribution in [3.8, 4) is 0 Å². The van der Waals surface area contributed by atoms with Gasteiger partial charge in [-0.25, -0.2) is 4.79 Å². The van der Waals surface area contributed by atoms with E-state index < -0.39 is 48.3 Å². The number of rotatable bonds is 11. The van der Waals surface area contributed by atoms with Gasteiger partial charge < -0.3 is 34.4 Å². The smallest absolute Gasteiger partial charge is 0.328 e. The van der Waals surface area contributed by atoms with Gasteiger partial charge >= 0.3 is 5.97 Å². The Hall–Kier alpha value is -2.95. The first-order valence-corrected chi connectivity index (χ1v) is 11.4. The number of carbonyl (C=O) groups is 2. The average molecular weight is 492 g/mol. The minimum absolute atomic E-state index is 0.0584. The normalized spacial score (nSPS) is 15.9. The molecule has 4 atom stereocenters. The molecule has 0 aliphatic heterocycles. The lowest BCUT2D eigenvalue weighted by Crippen LogP contribution is -2.46. The van der Waals surface area contributed by atoms with E-state index in [9.17, 15) is 19.8 Å². The fourth-order valence-electron chi connectivity index (χ4n) is 3.97. The van der Waals surface area contributed by atoms with Gasteiger partial charge in [0.25, 0.3) is 5.91 Å². The van der Waals surface area contributed by atoms with Gasteiger partial charge in [0.1, 0.15) is 24.0 Å². The number of aliphatic hydroxyl groups excluding tert-OH is 2. The Morgan fingerprint density at radius 2 is 1.83 bits per heavy atom. The summed E-state index contributed by atoms with van der Waals surface area (Å²) < 4.78 is 12.3. The average Bonchev–Trinajstić information content (AvgIpc) is 3.11. The minimum atomic E-state index is -1.35. The van der Waals surface area contributed by atoms with Crippen LogP contribution < -0.4 is 5.32 Å². The number of carbonyl (C=O) groups excluding carboxylic acids is 2. The molecule has 0 fully saturated rings. The molecule has 1 aromatic heterocycles. The molecule has 0 bridgehead atoms. The summed E-state index contributed by atoms with van der Waals surface area (Å²) >= 11 is 0. The maximum Gasteiger partial charge on any atom is 0.328 e. The molecule has 2 unspecified atom stereocenters. The van der Waals surface area contributed by atoms with Gasteiger partial charge in [-0.2, -0.15) is 0 Å². The number of aryl methyl sites for hydroxylation is 1. The Bertz CT molecular complexity index is 1040. The number of amides is 1. The highest BCUT2D eigenvalue weighted by atomic mass is 16.6. The first-order chi connectivity index (χ1) is 16.4. The highest BCUT2D eigenvalue weighted by Crippen LogP contribution is 2.25. The lowest BCUT2D eigenvalue weighted by Gasteiger charge is -2.32. The summed E-state index contributed by atoms with van der Waals surface area (Å²) in [7, 11) is 4.63. The van der Waals surface area contributed by atoms with Gasteiger partial charge in [0.2, 0.25) is 0 Å². The van der Waals surface area contributed by atoms with Gasteiger partial charge in [-0.05, 0) is 24.0 Å². The zero-order valence-corrected chi connectivity index (χ0v) is 21.4. The number of nitrogens with zero attached hydrogens (tertiary/aromatic N) is 2. The van der Waals surface area contributed by atoms with E-state index in [4.69, 9.17) is 14.3 Å². The van der Waals surface area contributed by atoms with Crippen LogP contribution in [-0.2, 0) is 37.4 Å². The summed E-state index contributed by atoms with van der Waals surface area (Å²) in [5, 5.41) is 27.8. The van der Waals surface area contributed by atoms with Gasteiger partial charge in [0, 0.05) is 37.7 Å². The third kappa shape index (κ3) is 7.27. The number of benzene rings is 1. The van der Waals surface area contributed by atoms with Crippen molar-refractivity contribution in [1.82, 2.24) is 9.88 Å². The van der Waals surface area contributed by atoms with Crippen molar-refractivity contribution < 1.29 is 34.1 Å². The number of ether oxygens (including phenoxy) is 2. The third-order valence-electron chi connectivity index (χ3n) is 5.64. The number of methoxy groups -OCH3 is 2. The van der Waals surface area contributed by atoms with Crippen molar-refractivity contribution in [2.75, 3.05) is 20.8 Å². The summed E-state index contributed by atoms with van der Waals surface area (Å²) in [6.07, 6.45) is -1.02. The summed E-state index contributed by atoms with van der Waals surface area (Å²) in [5.41, 5.74) is 1.48. The van der Waals surface area contributed by atoms with Crippen LogP contribution in [0.15, 0.2) is 35.6 Å². The second-order valence-corrected chi connectivity index (χ2v) is 9.59. The molecule has 1 amide bonds. The summed E-state index contributed by atoms with van der Waals surface area (Å²) in [5.74, 6) is -1.19. The molecule has 35 heavy (non-hydrogen) atoms. The quantitative estimate of drug-likeness (QED) is 0.247. The number of oxime groups is 1. The fourth-order valence-corrected chi connectivity index (χ4v) is 3.97. The van der Waals surface area contributed by atoms with E-state index >= 15 is 0 Å². The topological polar surface area (TPSA) is 132 Å². The largest absolute Gasteiger partial charge is 0.467 e. The van der Waals surface area contributed by atoms with Crippen molar-refractivity contribution in [3.63, 3.8) is 0 Å². The van der Waals surface area contributed by atoms with Crippen molar-refractivity contribution in [1.29, 1.82) is 0 Å². The molecule has 10 nitrogen and oxygen atoms in total. The van der Waals surface area contributed by atoms with Crippen LogP contribution in [0.3, 0.4) is 0 Å². The van der Waals surface area contributed by atoms with Crippen LogP contribution in [0.4, 0.5) is 0 Å². The Morgan fingerprint density at radius 1 is 1.17 bits per heavy atom. The number of aromatic nitrogens is 1. The molecular formula is C25H37N3O7. The number of hydrogen-bond acceptors (Lipinski definition) is 8. The van der Waals surface area contributed by atoms with E-state index in [1.807, 2.05) is 62.8 Å². The Kier molecular flexibility index (Phi) is 9.82. The Balaban J connectivity index is 2.15. The van der Waals surface area contributed by atoms with E-state index in [0.29, 0.717) is 0 Å². The van der Waals surface area contributed by atoms with Crippen molar-refractivity contribution in [2.24, 2.45) is 17.6 Å². The number of esters is 1. The van der Waals surface area contributed by atoms with Crippen LogP contribution in [0.5, 0.6) is 0 Å². The zero-order chi connectivity index (χ0) is 26.3. The summed E-state index contributed by atoms with van der Waals surface area (Å²) in [4.78, 5) is 30.2. The zero-order valence-electron chi connectivity index (χ0n) is 21.4. The van der Waals surface area contributed by atoms with Gasteiger partial charge in [0.15, 0.2) is 6.61 Å². The van der Waals surface area contributed by atoms with Crippen molar-refractivity contribution in [2.45, 2.75) is 58.5 Å². The van der Waals surface area contributed by atoms with Gasteiger partial charge in [0.05, 0.1) is 13.2 Å². The van der Waals surface area contributed by atoms with E-state index in [0.717, 1.165) is 16.5 Å². The van der Waals surface area contributed by atoms with Crippen molar-refractivity contribution >= 4 is 28.5 Å². The molecule has 3 N–H and O–H groups in total. The van der Waals surface area contributed by atoms with Crippen molar-refractivity contribution in [3.05, 3.63) is 36.0 Å². The van der Waals surface area contributed by atoms with Crippen LogP contribution in [0, 0.1) is 5.41 Å². The predicted octanol–water partition coefficient (Wildman–Crippen LogP) is 1.55. The standard InChI is InChI=1S/C25H37N3O7/c1-15(29)22(31)21(23(33-6)25(2,3)4)27-35-14-20(30)26-18(24(32)34-7)12-16-13-28(5)19-11-9-8-10-17(16)19/h8-11,13,15,18,22-23,29,31H,12,14H2,1-7H3,(H,26,30)/b27-21+/t15?,18-,22?,23+/m0/s1. The minimum Gasteiger partial charge on any atom is -0.467 e. The second kappa shape index (κ2) is 12.1. The van der Waals surface area contributed by atoms with Crippen LogP contribution in [0.1, 0.15) is 33.3 Å². The molecule has 0 aliphatic carbocycles. The number of para-hydroxylation sites is 1. The van der Waals surface area contributed by atoms with Gasteiger partial charge in [-0.15, -0.1) is 0 Å². The lowest BCUT2D eigenvalue weighted by atomic mass is 9.83. The SMILES string of the molecule is COC(=O)[C@H](Cc1cn(C)c2ccccc12)NC(=O)CO/N=C(\C(O)C(C)O)[C@@H](OC)C(C)(C)C. The number of aliphatic hydroxyl groups is 2. The molecule has 0 aliphatic rings. The molecule has 0 spiro atoms. The Labute approximate surface area is 205 Å². The molecule has 0 saturated heterocycles. The molecule has 194 valence electrons. The number of fused-ring (bicyclic) bond motifs is 1. The van der Waals surface area contributed by atoms with Crippen LogP contribution >= 0.6 is 0 Å². The first kappa shape index (κ1) is 28.3. The maximum absolute atomic E-state index is 12.6. The molecular weight excluding hydrogens is 454 g/mol. The van der Waals surface area contributed by atoms with Crippen LogP contribution in [0.25, 0.3) is 10.9 Å². The predicted molar refractivity (Wildman–Crippen MR) is 132 cm³/mol. The molecule has 2 aromatic rings. The summed E-state index contributed by atoms with van der Waals surface area (Å²) in [6, 6.07) is 6.83. The van der Waals surface area contributed by atoms with E-state index in [-0.39, 0.29) is 12.1 Å². The molecule has 2 rings (SSSR count). The third-order valence-corrected chi connectivity index (χ3v) is 5.64. The Morgan fingerprint density at radius 3 is 2.40 bits per heavy atom. The van der Waals surface area contributed by atoms with Crippen LogP contribution in [0.2, 0.25) is 0 Å². The molecule has 10 heteroatoms. The van der Waals surface area contributed by atoms with E-state index in [2.05, 4.69) is 10.5 Å². The second-order valence-electron chi connectivity index (χ2n) is 9.59. The molecule has 1 heterocycles. The summed E-state index contributed by atoms with van der Waals surface area (Å²) in [6.45, 7) is 6.54. The van der Waals surface area contributed by atoms with Crippen LogP contribution in [-0.4, -0.2) is 77.5 Å². The van der Waals surface area contributed by atoms with Gasteiger partial charge in [-0.1, -0.05) is 44.1 Å². The fraction of sp³-hybridized carbons (Fsp3) is 0.560. The highest BCUT2D eigenvalue weighted by molar-refractivity contribution is 5.93. The number of hydrogen-bond donors (Lipinski definition) is 3. The van der Waals surface area contributed by atoms with E-state index in [1.165, 1.54) is 21.1 Å². The molecule has 1 aromatic carbocycles.